The molecule has 142 valence electrons. The van der Waals surface area contributed by atoms with Gasteiger partial charge in [0.05, 0.1) is 19.7 Å². The molecule has 0 aliphatic heterocycles. The Morgan fingerprint density at radius 2 is 2.04 bits per heavy atom. The molecule has 0 aliphatic carbocycles. The SMILES string of the molecule is CCNC(=NCc1cccc(COC)c1)NCc1nc(C(F)(F)F)cs1. The summed E-state index contributed by atoms with van der Waals surface area (Å²) in [7, 11) is 1.64. The molecule has 1 aromatic carbocycles. The lowest BCUT2D eigenvalue weighted by Gasteiger charge is -2.10. The second kappa shape index (κ2) is 9.54. The van der Waals surface area contributed by atoms with Gasteiger partial charge in [0.1, 0.15) is 5.01 Å². The fourth-order valence-corrected chi connectivity index (χ4v) is 2.92. The van der Waals surface area contributed by atoms with E-state index in [0.29, 0.717) is 30.7 Å². The van der Waals surface area contributed by atoms with Crippen LogP contribution in [0.5, 0.6) is 0 Å². The van der Waals surface area contributed by atoms with Crippen LogP contribution < -0.4 is 10.6 Å². The molecule has 5 nitrogen and oxygen atoms in total. The van der Waals surface area contributed by atoms with E-state index in [4.69, 9.17) is 4.74 Å². The van der Waals surface area contributed by atoms with Crippen LogP contribution >= 0.6 is 11.3 Å². The van der Waals surface area contributed by atoms with Crippen LogP contribution in [-0.2, 0) is 30.6 Å². The number of aromatic nitrogens is 1. The number of halogens is 3. The first-order chi connectivity index (χ1) is 12.4. The van der Waals surface area contributed by atoms with Crippen LogP contribution in [0.1, 0.15) is 28.8 Å². The van der Waals surface area contributed by atoms with E-state index in [2.05, 4.69) is 20.6 Å². The zero-order chi connectivity index (χ0) is 19.0. The van der Waals surface area contributed by atoms with Crippen molar-refractivity contribution in [1.82, 2.24) is 15.6 Å². The molecule has 0 aliphatic rings. The van der Waals surface area contributed by atoms with Crippen molar-refractivity contribution < 1.29 is 17.9 Å². The maximum absolute atomic E-state index is 12.6. The number of rotatable bonds is 7. The van der Waals surface area contributed by atoms with Gasteiger partial charge < -0.3 is 15.4 Å². The zero-order valence-electron chi connectivity index (χ0n) is 14.6. The first-order valence-electron chi connectivity index (χ1n) is 8.03. The molecule has 0 saturated heterocycles. The fraction of sp³-hybridized carbons (Fsp3) is 0.412. The van der Waals surface area contributed by atoms with Gasteiger partial charge in [-0.25, -0.2) is 9.98 Å². The maximum atomic E-state index is 12.6. The van der Waals surface area contributed by atoms with Crippen molar-refractivity contribution in [2.24, 2.45) is 4.99 Å². The molecular weight excluding hydrogens is 365 g/mol. The Kier molecular flexibility index (Phi) is 7.40. The Morgan fingerprint density at radius 1 is 1.27 bits per heavy atom. The van der Waals surface area contributed by atoms with E-state index in [9.17, 15) is 13.2 Å². The Balaban J connectivity index is 1.98. The second-order valence-corrected chi connectivity index (χ2v) is 6.37. The molecule has 0 fully saturated rings. The van der Waals surface area contributed by atoms with E-state index in [1.165, 1.54) is 0 Å². The molecule has 1 aromatic heterocycles. The van der Waals surface area contributed by atoms with Crippen LogP contribution in [0.15, 0.2) is 34.6 Å². The van der Waals surface area contributed by atoms with Gasteiger partial charge >= 0.3 is 6.18 Å². The van der Waals surface area contributed by atoms with Crippen molar-refractivity contribution >= 4 is 17.3 Å². The molecule has 2 N–H and O–H groups in total. The van der Waals surface area contributed by atoms with Crippen molar-refractivity contribution in [3.63, 3.8) is 0 Å². The Labute approximate surface area is 154 Å². The van der Waals surface area contributed by atoms with Gasteiger partial charge in [-0.15, -0.1) is 11.3 Å². The minimum absolute atomic E-state index is 0.177. The lowest BCUT2D eigenvalue weighted by molar-refractivity contribution is -0.140. The topological polar surface area (TPSA) is 58.5 Å². The number of ether oxygens (including phenoxy) is 1. The standard InChI is InChI=1S/C17H21F3N4OS/c1-3-21-16(22-8-12-5-4-6-13(7-12)10-25-2)23-9-15-24-14(11-26-15)17(18,19)20/h4-7,11H,3,8-10H2,1-2H3,(H2,21,22,23). The third-order valence-electron chi connectivity index (χ3n) is 3.32. The number of hydrogen-bond donors (Lipinski definition) is 2. The summed E-state index contributed by atoms with van der Waals surface area (Å²) in [6, 6.07) is 7.88. The lowest BCUT2D eigenvalue weighted by atomic mass is 10.1. The molecule has 2 aromatic rings. The van der Waals surface area contributed by atoms with E-state index in [1.807, 2.05) is 31.2 Å². The first kappa shape index (κ1) is 20.2. The van der Waals surface area contributed by atoms with Crippen molar-refractivity contribution in [3.05, 3.63) is 51.5 Å². The van der Waals surface area contributed by atoms with E-state index >= 15 is 0 Å². The smallest absolute Gasteiger partial charge is 0.380 e. The summed E-state index contributed by atoms with van der Waals surface area (Å²) in [5.41, 5.74) is 1.21. The number of nitrogens with zero attached hydrogens (tertiary/aromatic N) is 2. The van der Waals surface area contributed by atoms with Crippen LogP contribution in [0.2, 0.25) is 0 Å². The number of hydrogen-bond acceptors (Lipinski definition) is 4. The largest absolute Gasteiger partial charge is 0.434 e. The molecule has 0 radical (unpaired) electrons. The summed E-state index contributed by atoms with van der Waals surface area (Å²) < 4.78 is 42.9. The predicted octanol–water partition coefficient (Wildman–Crippen LogP) is 3.56. The number of nitrogens with one attached hydrogen (secondary N) is 2. The van der Waals surface area contributed by atoms with Crippen molar-refractivity contribution in [1.29, 1.82) is 0 Å². The van der Waals surface area contributed by atoms with E-state index in [-0.39, 0.29) is 6.54 Å². The molecule has 0 bridgehead atoms. The van der Waals surface area contributed by atoms with Gasteiger partial charge in [0.25, 0.3) is 0 Å². The van der Waals surface area contributed by atoms with Crippen molar-refractivity contribution in [2.45, 2.75) is 32.8 Å². The van der Waals surface area contributed by atoms with Gasteiger partial charge in [-0.2, -0.15) is 13.2 Å². The van der Waals surface area contributed by atoms with Crippen LogP contribution in [0.25, 0.3) is 0 Å². The minimum atomic E-state index is -4.42. The van der Waals surface area contributed by atoms with Gasteiger partial charge in [0.2, 0.25) is 0 Å². The monoisotopic (exact) mass is 386 g/mol. The van der Waals surface area contributed by atoms with Crippen LogP contribution in [-0.4, -0.2) is 24.6 Å². The highest BCUT2D eigenvalue weighted by Crippen LogP contribution is 2.29. The van der Waals surface area contributed by atoms with Gasteiger partial charge in [0.15, 0.2) is 11.7 Å². The molecular formula is C17H21F3N4OS. The highest BCUT2D eigenvalue weighted by atomic mass is 32.1. The first-order valence-corrected chi connectivity index (χ1v) is 8.91. The molecule has 9 heteroatoms. The number of alkyl halides is 3. The minimum Gasteiger partial charge on any atom is -0.380 e. The zero-order valence-corrected chi connectivity index (χ0v) is 15.4. The van der Waals surface area contributed by atoms with E-state index < -0.39 is 11.9 Å². The number of thiazole rings is 1. The van der Waals surface area contributed by atoms with E-state index in [0.717, 1.165) is 27.8 Å². The summed E-state index contributed by atoms with van der Waals surface area (Å²) in [6.45, 7) is 3.71. The Bertz CT molecular complexity index is 731. The molecule has 26 heavy (non-hydrogen) atoms. The van der Waals surface area contributed by atoms with Crippen LogP contribution in [0, 0.1) is 0 Å². The number of guanidine groups is 1. The van der Waals surface area contributed by atoms with Crippen molar-refractivity contribution in [3.8, 4) is 0 Å². The lowest BCUT2D eigenvalue weighted by Crippen LogP contribution is -2.36. The molecule has 2 rings (SSSR count). The van der Waals surface area contributed by atoms with Gasteiger partial charge in [-0.1, -0.05) is 24.3 Å². The van der Waals surface area contributed by atoms with Gasteiger partial charge in [-0.05, 0) is 18.1 Å². The van der Waals surface area contributed by atoms with Crippen LogP contribution in [0.3, 0.4) is 0 Å². The molecule has 0 spiro atoms. The van der Waals surface area contributed by atoms with Gasteiger partial charge in [0, 0.05) is 19.0 Å². The summed E-state index contributed by atoms with van der Waals surface area (Å²) in [5.74, 6) is 0.522. The molecule has 0 atom stereocenters. The second-order valence-electron chi connectivity index (χ2n) is 5.43. The van der Waals surface area contributed by atoms with Crippen molar-refractivity contribution in [2.75, 3.05) is 13.7 Å². The average molecular weight is 386 g/mol. The number of methoxy groups -OCH3 is 1. The third-order valence-corrected chi connectivity index (χ3v) is 4.16. The average Bonchev–Trinajstić information content (AvgIpc) is 3.07. The summed E-state index contributed by atoms with van der Waals surface area (Å²) in [6.07, 6.45) is -4.42. The quantitative estimate of drug-likeness (QED) is 0.564. The van der Waals surface area contributed by atoms with Gasteiger partial charge in [-0.3, -0.25) is 0 Å². The Morgan fingerprint density at radius 3 is 2.69 bits per heavy atom. The summed E-state index contributed by atoms with van der Waals surface area (Å²) >= 11 is 0.968. The summed E-state index contributed by atoms with van der Waals surface area (Å²) in [5, 5.41) is 7.44. The normalized spacial score (nSPS) is 12.3. The number of benzene rings is 1. The predicted molar refractivity (Wildman–Crippen MR) is 95.9 cm³/mol. The third kappa shape index (κ3) is 6.30. The van der Waals surface area contributed by atoms with Crippen LogP contribution in [0.4, 0.5) is 13.2 Å². The summed E-state index contributed by atoms with van der Waals surface area (Å²) in [4.78, 5) is 8.06. The Hall–Kier alpha value is -2.13. The molecule has 0 unspecified atom stereocenters. The van der Waals surface area contributed by atoms with E-state index in [1.54, 1.807) is 7.11 Å². The molecule has 0 saturated carbocycles. The maximum Gasteiger partial charge on any atom is 0.434 e. The fourth-order valence-electron chi connectivity index (χ4n) is 2.18. The highest BCUT2D eigenvalue weighted by molar-refractivity contribution is 7.09. The number of aliphatic imine (C=N–C) groups is 1. The highest BCUT2D eigenvalue weighted by Gasteiger charge is 2.33. The molecule has 1 heterocycles. The molecule has 0 amide bonds.